The van der Waals surface area contributed by atoms with Crippen LogP contribution in [0.25, 0.3) is 0 Å². The highest BCUT2D eigenvalue weighted by Gasteiger charge is 2.48. The van der Waals surface area contributed by atoms with Crippen molar-refractivity contribution in [1.82, 2.24) is 15.5 Å². The van der Waals surface area contributed by atoms with E-state index in [4.69, 9.17) is 10.5 Å². The van der Waals surface area contributed by atoms with Crippen LogP contribution >= 0.6 is 0 Å². The van der Waals surface area contributed by atoms with Crippen molar-refractivity contribution in [1.29, 1.82) is 0 Å². The molecule has 35 heavy (non-hydrogen) atoms. The van der Waals surface area contributed by atoms with Crippen LogP contribution in [0.15, 0.2) is 18.2 Å². The van der Waals surface area contributed by atoms with Crippen LogP contribution in [0.2, 0.25) is 0 Å². The molecular weight excluding hydrogens is 448 g/mol. The fraction of sp³-hybridized carbons (Fsp3) is 0.615. The molecule has 0 aromatic heterocycles. The molecule has 1 aliphatic carbocycles. The Bertz CT molecular complexity index is 965. The molecule has 9 heteroatoms. The summed E-state index contributed by atoms with van der Waals surface area (Å²) in [5.41, 5.74) is 7.89. The Morgan fingerprint density at radius 2 is 1.80 bits per heavy atom. The van der Waals surface area contributed by atoms with Crippen molar-refractivity contribution in [3.63, 3.8) is 0 Å². The topological polar surface area (TPSA) is 131 Å². The molecule has 4 rings (SSSR count). The van der Waals surface area contributed by atoms with E-state index in [0.717, 1.165) is 43.4 Å². The Kier molecular flexibility index (Phi) is 8.51. The summed E-state index contributed by atoms with van der Waals surface area (Å²) >= 11 is 0. The number of carbonyl (C=O) groups is 4. The summed E-state index contributed by atoms with van der Waals surface area (Å²) in [5, 5.41) is 5.29. The second kappa shape index (κ2) is 11.8. The van der Waals surface area contributed by atoms with Crippen molar-refractivity contribution in [2.45, 2.75) is 82.4 Å². The molecule has 0 radical (unpaired) electrons. The molecule has 1 saturated heterocycles. The Morgan fingerprint density at radius 3 is 2.57 bits per heavy atom. The van der Waals surface area contributed by atoms with E-state index in [9.17, 15) is 19.2 Å². The van der Waals surface area contributed by atoms with Crippen LogP contribution in [-0.4, -0.2) is 54.3 Å². The molecule has 2 heterocycles. The van der Waals surface area contributed by atoms with E-state index in [1.807, 2.05) is 12.1 Å². The maximum absolute atomic E-state index is 13.2. The van der Waals surface area contributed by atoms with E-state index in [-0.39, 0.29) is 42.9 Å². The van der Waals surface area contributed by atoms with Crippen molar-refractivity contribution in [3.8, 4) is 0 Å². The summed E-state index contributed by atoms with van der Waals surface area (Å²) in [6, 6.07) is 4.70. The summed E-state index contributed by atoms with van der Waals surface area (Å²) in [4.78, 5) is 51.3. The van der Waals surface area contributed by atoms with Crippen LogP contribution in [0.1, 0.15) is 97.8 Å². The highest BCUT2D eigenvalue weighted by atomic mass is 16.5. The summed E-state index contributed by atoms with van der Waals surface area (Å²) in [6.45, 7) is 1.36. The van der Waals surface area contributed by atoms with Crippen molar-refractivity contribution in [2.24, 2.45) is 5.73 Å². The van der Waals surface area contributed by atoms with Crippen molar-refractivity contribution in [2.75, 3.05) is 19.7 Å². The van der Waals surface area contributed by atoms with Crippen LogP contribution in [0.3, 0.4) is 0 Å². The Labute approximate surface area is 206 Å². The maximum atomic E-state index is 13.2. The number of nitrogens with one attached hydrogen (secondary N) is 2. The molecule has 3 aliphatic rings. The molecule has 4 N–H and O–H groups in total. The second-order valence-electron chi connectivity index (χ2n) is 9.64. The average Bonchev–Trinajstić information content (AvgIpc) is 3.13. The van der Waals surface area contributed by atoms with Gasteiger partial charge in [0, 0.05) is 18.5 Å². The molecule has 1 aromatic carbocycles. The lowest BCUT2D eigenvalue weighted by atomic mass is 9.84. The van der Waals surface area contributed by atoms with Crippen LogP contribution in [0.5, 0.6) is 0 Å². The van der Waals surface area contributed by atoms with Gasteiger partial charge >= 0.3 is 0 Å². The van der Waals surface area contributed by atoms with E-state index >= 15 is 0 Å². The van der Waals surface area contributed by atoms with Gasteiger partial charge in [-0.1, -0.05) is 37.8 Å². The molecule has 190 valence electrons. The first kappa shape index (κ1) is 25.3. The summed E-state index contributed by atoms with van der Waals surface area (Å²) in [5.74, 6) is -1.02. The third-order valence-electron chi connectivity index (χ3n) is 7.24. The molecule has 3 unspecified atom stereocenters. The normalized spacial score (nSPS) is 23.3. The lowest BCUT2D eigenvalue weighted by Gasteiger charge is -2.37. The molecule has 1 fully saturated rings. The standard InChI is InChI=1S/C26H36N4O5/c27-14-5-3-1-2-4-6-15-28-23(32)16-35-21-12-10-19-24-17(21)8-7-9-18(24)26(34)30(19)20-11-13-22(31)29-25(20)33/h7-9,19-21H,1-6,10-16,27H2,(H,28,32)(H,29,31,33). The number of nitrogens with zero attached hydrogens (tertiary/aromatic N) is 1. The van der Waals surface area contributed by atoms with Gasteiger partial charge in [-0.05, 0) is 55.8 Å². The molecule has 1 aromatic rings. The minimum atomic E-state index is -0.644. The van der Waals surface area contributed by atoms with E-state index in [0.29, 0.717) is 31.4 Å². The Hall–Kier alpha value is -2.78. The summed E-state index contributed by atoms with van der Waals surface area (Å²) < 4.78 is 6.00. The predicted octanol–water partition coefficient (Wildman–Crippen LogP) is 2.26. The van der Waals surface area contributed by atoms with Crippen molar-refractivity contribution < 1.29 is 23.9 Å². The number of amides is 4. The largest absolute Gasteiger partial charge is 0.364 e. The fourth-order valence-electron chi connectivity index (χ4n) is 5.50. The van der Waals surface area contributed by atoms with Crippen LogP contribution in [0.4, 0.5) is 0 Å². The van der Waals surface area contributed by atoms with Crippen molar-refractivity contribution >= 4 is 23.6 Å². The molecule has 2 aliphatic heterocycles. The van der Waals surface area contributed by atoms with Gasteiger partial charge in [-0.3, -0.25) is 24.5 Å². The molecule has 0 bridgehead atoms. The quantitative estimate of drug-likeness (QED) is 0.308. The first-order chi connectivity index (χ1) is 17.0. The number of ether oxygens (including phenoxy) is 1. The van der Waals surface area contributed by atoms with Gasteiger partial charge in [0.1, 0.15) is 12.6 Å². The molecule has 4 amide bonds. The first-order valence-corrected chi connectivity index (χ1v) is 12.9. The number of hydrogen-bond donors (Lipinski definition) is 3. The van der Waals surface area contributed by atoms with Gasteiger partial charge in [-0.15, -0.1) is 0 Å². The zero-order chi connectivity index (χ0) is 24.8. The molecule has 9 nitrogen and oxygen atoms in total. The molecule has 0 spiro atoms. The number of carbonyl (C=O) groups excluding carboxylic acids is 4. The zero-order valence-electron chi connectivity index (χ0n) is 20.2. The smallest absolute Gasteiger partial charge is 0.255 e. The van der Waals surface area contributed by atoms with Gasteiger partial charge in [-0.2, -0.15) is 0 Å². The lowest BCUT2D eigenvalue weighted by molar-refractivity contribution is -0.137. The minimum absolute atomic E-state index is 0.0275. The van der Waals surface area contributed by atoms with E-state index < -0.39 is 11.9 Å². The Morgan fingerprint density at radius 1 is 1.03 bits per heavy atom. The Balaban J connectivity index is 1.30. The summed E-state index contributed by atoms with van der Waals surface area (Å²) in [6.07, 6.45) is 8.19. The van der Waals surface area contributed by atoms with Crippen LogP contribution in [0, 0.1) is 0 Å². The predicted molar refractivity (Wildman–Crippen MR) is 129 cm³/mol. The monoisotopic (exact) mass is 484 g/mol. The molecular formula is C26H36N4O5. The average molecular weight is 485 g/mol. The number of benzene rings is 1. The first-order valence-electron chi connectivity index (χ1n) is 12.9. The third kappa shape index (κ3) is 5.73. The molecule has 3 atom stereocenters. The highest BCUT2D eigenvalue weighted by molar-refractivity contribution is 6.06. The van der Waals surface area contributed by atoms with Crippen molar-refractivity contribution in [3.05, 3.63) is 34.9 Å². The zero-order valence-corrected chi connectivity index (χ0v) is 20.2. The van der Waals surface area contributed by atoms with E-state index in [2.05, 4.69) is 10.6 Å². The van der Waals surface area contributed by atoms with E-state index in [1.54, 1.807) is 11.0 Å². The van der Waals surface area contributed by atoms with Gasteiger partial charge in [-0.25, -0.2) is 0 Å². The summed E-state index contributed by atoms with van der Waals surface area (Å²) in [7, 11) is 0. The lowest BCUT2D eigenvalue weighted by Crippen LogP contribution is -2.53. The highest BCUT2D eigenvalue weighted by Crippen LogP contribution is 2.48. The van der Waals surface area contributed by atoms with Gasteiger partial charge in [0.15, 0.2) is 0 Å². The second-order valence-corrected chi connectivity index (χ2v) is 9.64. The van der Waals surface area contributed by atoms with Gasteiger partial charge in [0.05, 0.1) is 12.1 Å². The van der Waals surface area contributed by atoms with Gasteiger partial charge in [0.2, 0.25) is 17.7 Å². The van der Waals surface area contributed by atoms with Crippen LogP contribution in [-0.2, 0) is 19.1 Å². The SMILES string of the molecule is NCCCCCCCCNC(=O)COC1CCC2c3c(cccc31)C(=O)N2C1CCC(=O)NC1=O. The maximum Gasteiger partial charge on any atom is 0.255 e. The fourth-order valence-corrected chi connectivity index (χ4v) is 5.50. The minimum Gasteiger partial charge on any atom is -0.364 e. The van der Waals surface area contributed by atoms with Gasteiger partial charge in [0.25, 0.3) is 5.91 Å². The number of hydrogen-bond acceptors (Lipinski definition) is 6. The molecule has 0 saturated carbocycles. The van der Waals surface area contributed by atoms with E-state index in [1.165, 1.54) is 12.8 Å². The van der Waals surface area contributed by atoms with Crippen LogP contribution < -0.4 is 16.4 Å². The number of piperidine rings is 1. The number of unbranched alkanes of at least 4 members (excludes halogenated alkanes) is 5. The number of rotatable bonds is 12. The number of imide groups is 1. The number of nitrogens with two attached hydrogens (primary N) is 1. The third-order valence-corrected chi connectivity index (χ3v) is 7.24. The van der Waals surface area contributed by atoms with Gasteiger partial charge < -0.3 is 20.7 Å².